The summed E-state index contributed by atoms with van der Waals surface area (Å²) in [6, 6.07) is 9.27. The molecule has 2 rings (SSSR count). The summed E-state index contributed by atoms with van der Waals surface area (Å²) < 4.78 is 1.74. The summed E-state index contributed by atoms with van der Waals surface area (Å²) in [6.45, 7) is 3.83. The van der Waals surface area contributed by atoms with Crippen molar-refractivity contribution in [2.24, 2.45) is 0 Å². The minimum absolute atomic E-state index is 0.110. The number of rotatable bonds is 3. The lowest BCUT2D eigenvalue weighted by molar-refractivity contribution is 0.250. The molecule has 2 amide bonds. The molecule has 5 nitrogen and oxygen atoms in total. The Labute approximate surface area is 106 Å². The van der Waals surface area contributed by atoms with E-state index < -0.39 is 0 Å². The number of aromatic nitrogens is 2. The lowest BCUT2D eigenvalue weighted by Crippen LogP contribution is -2.34. The number of amides is 2. The molecule has 18 heavy (non-hydrogen) atoms. The molecule has 0 saturated carbocycles. The Morgan fingerprint density at radius 3 is 2.83 bits per heavy atom. The van der Waals surface area contributed by atoms with Crippen LogP contribution in [0.3, 0.4) is 0 Å². The van der Waals surface area contributed by atoms with Crippen molar-refractivity contribution >= 4 is 11.7 Å². The van der Waals surface area contributed by atoms with Gasteiger partial charge in [-0.25, -0.2) is 9.48 Å². The topological polar surface area (TPSA) is 59.0 Å². The molecule has 94 valence electrons. The largest absolute Gasteiger partial charge is 0.336 e. The van der Waals surface area contributed by atoms with Gasteiger partial charge in [0.25, 0.3) is 0 Å². The fourth-order valence-corrected chi connectivity index (χ4v) is 1.58. The van der Waals surface area contributed by atoms with Crippen LogP contribution in [-0.4, -0.2) is 21.9 Å². The highest BCUT2D eigenvalue weighted by molar-refractivity contribution is 5.89. The maximum Gasteiger partial charge on any atom is 0.319 e. The van der Waals surface area contributed by atoms with Gasteiger partial charge in [0.05, 0.1) is 5.69 Å². The first-order chi connectivity index (χ1) is 8.65. The van der Waals surface area contributed by atoms with Crippen molar-refractivity contribution in [2.45, 2.75) is 19.9 Å². The van der Waals surface area contributed by atoms with E-state index in [-0.39, 0.29) is 12.1 Å². The molecular formula is C13H16N4O. The lowest BCUT2D eigenvalue weighted by atomic mass is 10.3. The van der Waals surface area contributed by atoms with E-state index >= 15 is 0 Å². The Balaban J connectivity index is 2.11. The van der Waals surface area contributed by atoms with Crippen molar-refractivity contribution in [1.82, 2.24) is 15.1 Å². The Kier molecular flexibility index (Phi) is 3.62. The van der Waals surface area contributed by atoms with Crippen LogP contribution in [0.5, 0.6) is 0 Å². The zero-order chi connectivity index (χ0) is 13.0. The molecule has 0 atom stereocenters. The van der Waals surface area contributed by atoms with E-state index in [1.807, 2.05) is 50.4 Å². The fraction of sp³-hybridized carbons (Fsp3) is 0.231. The molecule has 0 spiro atoms. The Bertz CT molecular complexity index is 520. The summed E-state index contributed by atoms with van der Waals surface area (Å²) in [7, 11) is 0. The molecule has 0 fully saturated rings. The highest BCUT2D eigenvalue weighted by Crippen LogP contribution is 2.13. The van der Waals surface area contributed by atoms with E-state index in [0.717, 1.165) is 11.4 Å². The van der Waals surface area contributed by atoms with Crippen LogP contribution in [0.4, 0.5) is 10.5 Å². The first kappa shape index (κ1) is 12.2. The van der Waals surface area contributed by atoms with Gasteiger partial charge >= 0.3 is 6.03 Å². The maximum absolute atomic E-state index is 11.6. The highest BCUT2D eigenvalue weighted by atomic mass is 16.2. The second kappa shape index (κ2) is 5.35. The van der Waals surface area contributed by atoms with E-state index in [1.165, 1.54) is 0 Å². The number of urea groups is 1. The molecule has 1 heterocycles. The first-order valence-corrected chi connectivity index (χ1v) is 5.83. The summed E-state index contributed by atoms with van der Waals surface area (Å²) in [5.74, 6) is 0. The van der Waals surface area contributed by atoms with Gasteiger partial charge in [-0.1, -0.05) is 6.07 Å². The van der Waals surface area contributed by atoms with Crippen molar-refractivity contribution in [3.05, 3.63) is 42.7 Å². The Morgan fingerprint density at radius 1 is 1.33 bits per heavy atom. The highest BCUT2D eigenvalue weighted by Gasteiger charge is 2.04. The third-order valence-corrected chi connectivity index (χ3v) is 2.29. The van der Waals surface area contributed by atoms with E-state index in [9.17, 15) is 4.79 Å². The SMILES string of the molecule is CC(C)NC(=O)Nc1cccc(-n2cccn2)c1. The average Bonchev–Trinajstić information content (AvgIpc) is 2.81. The molecule has 2 aromatic rings. The molecule has 5 heteroatoms. The summed E-state index contributed by atoms with van der Waals surface area (Å²) in [5, 5.41) is 9.70. The molecule has 0 radical (unpaired) electrons. The van der Waals surface area contributed by atoms with Gasteiger partial charge in [-0.2, -0.15) is 5.10 Å². The van der Waals surface area contributed by atoms with E-state index in [0.29, 0.717) is 0 Å². The van der Waals surface area contributed by atoms with Crippen LogP contribution in [0.2, 0.25) is 0 Å². The molecule has 0 bridgehead atoms. The third kappa shape index (κ3) is 3.10. The number of anilines is 1. The first-order valence-electron chi connectivity index (χ1n) is 5.83. The third-order valence-electron chi connectivity index (χ3n) is 2.29. The normalized spacial score (nSPS) is 10.4. The van der Waals surface area contributed by atoms with Crippen LogP contribution in [0.25, 0.3) is 5.69 Å². The van der Waals surface area contributed by atoms with Crippen molar-refractivity contribution in [1.29, 1.82) is 0 Å². The molecule has 2 N–H and O–H groups in total. The van der Waals surface area contributed by atoms with Crippen molar-refractivity contribution in [3.8, 4) is 5.69 Å². The Hall–Kier alpha value is -2.30. The van der Waals surface area contributed by atoms with Gasteiger partial charge in [-0.05, 0) is 38.1 Å². The monoisotopic (exact) mass is 244 g/mol. The number of carbonyl (C=O) groups excluding carboxylic acids is 1. The lowest BCUT2D eigenvalue weighted by Gasteiger charge is -2.11. The molecule has 0 aliphatic rings. The van der Waals surface area contributed by atoms with Crippen LogP contribution >= 0.6 is 0 Å². The fourth-order valence-electron chi connectivity index (χ4n) is 1.58. The van der Waals surface area contributed by atoms with Crippen LogP contribution in [0.1, 0.15) is 13.8 Å². The number of nitrogens with zero attached hydrogens (tertiary/aromatic N) is 2. The predicted octanol–water partition coefficient (Wildman–Crippen LogP) is 2.40. The van der Waals surface area contributed by atoms with Crippen molar-refractivity contribution in [3.63, 3.8) is 0 Å². The van der Waals surface area contributed by atoms with Crippen molar-refractivity contribution in [2.75, 3.05) is 5.32 Å². The molecule has 0 aliphatic heterocycles. The standard InChI is InChI=1S/C13H16N4O/c1-10(2)15-13(18)16-11-5-3-6-12(9-11)17-8-4-7-14-17/h3-10H,1-2H3,(H2,15,16,18). The van der Waals surface area contributed by atoms with Gasteiger partial charge < -0.3 is 10.6 Å². The van der Waals surface area contributed by atoms with Gasteiger partial charge in [0, 0.05) is 24.1 Å². The summed E-state index contributed by atoms with van der Waals surface area (Å²) in [5.41, 5.74) is 1.64. The van der Waals surface area contributed by atoms with E-state index in [1.54, 1.807) is 10.9 Å². The number of carbonyl (C=O) groups is 1. The summed E-state index contributed by atoms with van der Waals surface area (Å²) in [6.07, 6.45) is 3.57. The molecule has 0 unspecified atom stereocenters. The maximum atomic E-state index is 11.6. The molecule has 0 saturated heterocycles. The quantitative estimate of drug-likeness (QED) is 0.871. The van der Waals surface area contributed by atoms with Gasteiger partial charge in [0.2, 0.25) is 0 Å². The minimum Gasteiger partial charge on any atom is -0.336 e. The van der Waals surface area contributed by atoms with Crippen LogP contribution in [-0.2, 0) is 0 Å². The smallest absolute Gasteiger partial charge is 0.319 e. The van der Waals surface area contributed by atoms with Gasteiger partial charge in [0.15, 0.2) is 0 Å². The zero-order valence-electron chi connectivity index (χ0n) is 10.4. The summed E-state index contributed by atoms with van der Waals surface area (Å²) >= 11 is 0. The zero-order valence-corrected chi connectivity index (χ0v) is 10.4. The molecule has 0 aliphatic carbocycles. The van der Waals surface area contributed by atoms with Crippen molar-refractivity contribution < 1.29 is 4.79 Å². The average molecular weight is 244 g/mol. The van der Waals surface area contributed by atoms with Crippen LogP contribution in [0.15, 0.2) is 42.7 Å². The second-order valence-electron chi connectivity index (χ2n) is 4.25. The van der Waals surface area contributed by atoms with Gasteiger partial charge in [0.1, 0.15) is 0 Å². The molecule has 1 aromatic carbocycles. The number of hydrogen-bond donors (Lipinski definition) is 2. The number of hydrogen-bond acceptors (Lipinski definition) is 2. The number of nitrogens with one attached hydrogen (secondary N) is 2. The van der Waals surface area contributed by atoms with Crippen LogP contribution in [0, 0.1) is 0 Å². The van der Waals surface area contributed by atoms with Gasteiger partial charge in [-0.15, -0.1) is 0 Å². The number of benzene rings is 1. The van der Waals surface area contributed by atoms with Gasteiger partial charge in [-0.3, -0.25) is 0 Å². The second-order valence-corrected chi connectivity index (χ2v) is 4.25. The molecular weight excluding hydrogens is 228 g/mol. The summed E-state index contributed by atoms with van der Waals surface area (Å²) in [4.78, 5) is 11.6. The Morgan fingerprint density at radius 2 is 2.17 bits per heavy atom. The van der Waals surface area contributed by atoms with E-state index in [4.69, 9.17) is 0 Å². The van der Waals surface area contributed by atoms with Crippen LogP contribution < -0.4 is 10.6 Å². The molecule has 1 aromatic heterocycles. The van der Waals surface area contributed by atoms with E-state index in [2.05, 4.69) is 15.7 Å². The predicted molar refractivity (Wildman–Crippen MR) is 70.9 cm³/mol. The minimum atomic E-state index is -0.206.